The van der Waals surface area contributed by atoms with Crippen LogP contribution in [0.25, 0.3) is 0 Å². The van der Waals surface area contributed by atoms with Crippen LogP contribution in [0.1, 0.15) is 5.56 Å². The first-order chi connectivity index (χ1) is 6.73. The van der Waals surface area contributed by atoms with Gasteiger partial charge in [0.25, 0.3) is 15.8 Å². The zero-order chi connectivity index (χ0) is 11.8. The van der Waals surface area contributed by atoms with E-state index in [1.807, 2.05) is 0 Å². The number of benzene rings is 1. The van der Waals surface area contributed by atoms with Gasteiger partial charge in [0.1, 0.15) is 4.90 Å². The van der Waals surface area contributed by atoms with Gasteiger partial charge in [-0.3, -0.25) is 14.7 Å². The molecule has 15 heavy (non-hydrogen) atoms. The number of nitrogens with two attached hydrogens (primary N) is 1. The Hall–Kier alpha value is -1.67. The SMILES string of the molecule is Cc1c(N)cc(S(=O)(=O)O)cc1[N+](=O)[O-]. The molecule has 0 amide bonds. The minimum Gasteiger partial charge on any atom is -0.398 e. The molecule has 0 saturated carbocycles. The molecule has 1 aromatic rings. The Kier molecular flexibility index (Phi) is 2.65. The van der Waals surface area contributed by atoms with Crippen molar-refractivity contribution in [2.75, 3.05) is 5.73 Å². The third-order valence-corrected chi connectivity index (χ3v) is 2.72. The first-order valence-corrected chi connectivity index (χ1v) is 5.19. The zero-order valence-electron chi connectivity index (χ0n) is 7.67. The van der Waals surface area contributed by atoms with Gasteiger partial charge in [-0.1, -0.05) is 0 Å². The van der Waals surface area contributed by atoms with Gasteiger partial charge in [-0.25, -0.2) is 0 Å². The molecule has 0 atom stereocenters. The highest BCUT2D eigenvalue weighted by Crippen LogP contribution is 2.27. The molecule has 0 aromatic heterocycles. The summed E-state index contributed by atoms with van der Waals surface area (Å²) >= 11 is 0. The summed E-state index contributed by atoms with van der Waals surface area (Å²) in [6.45, 7) is 1.39. The van der Waals surface area contributed by atoms with Crippen molar-refractivity contribution >= 4 is 21.5 Å². The van der Waals surface area contributed by atoms with Gasteiger partial charge in [-0.2, -0.15) is 8.42 Å². The summed E-state index contributed by atoms with van der Waals surface area (Å²) in [4.78, 5) is 9.18. The van der Waals surface area contributed by atoms with Crippen LogP contribution in [0.2, 0.25) is 0 Å². The van der Waals surface area contributed by atoms with Crippen LogP contribution >= 0.6 is 0 Å². The highest BCUT2D eigenvalue weighted by Gasteiger charge is 2.20. The van der Waals surface area contributed by atoms with Crippen molar-refractivity contribution in [1.82, 2.24) is 0 Å². The topological polar surface area (TPSA) is 124 Å². The lowest BCUT2D eigenvalue weighted by molar-refractivity contribution is -0.385. The van der Waals surface area contributed by atoms with Crippen LogP contribution in [0.4, 0.5) is 11.4 Å². The van der Waals surface area contributed by atoms with Crippen LogP contribution in [0, 0.1) is 17.0 Å². The molecule has 1 aromatic carbocycles. The molecule has 0 saturated heterocycles. The van der Waals surface area contributed by atoms with Crippen LogP contribution in [-0.2, 0) is 10.1 Å². The quantitative estimate of drug-likeness (QED) is 0.335. The Labute approximate surface area is 85.4 Å². The average molecular weight is 232 g/mol. The number of rotatable bonds is 2. The van der Waals surface area contributed by atoms with Crippen molar-refractivity contribution in [1.29, 1.82) is 0 Å². The first kappa shape index (κ1) is 11.4. The van der Waals surface area contributed by atoms with Gasteiger partial charge in [-0.05, 0) is 13.0 Å². The molecule has 0 aliphatic carbocycles. The molecule has 3 N–H and O–H groups in total. The Bertz CT molecular complexity index is 522. The number of hydrogen-bond acceptors (Lipinski definition) is 5. The molecule has 82 valence electrons. The van der Waals surface area contributed by atoms with Gasteiger partial charge in [0.15, 0.2) is 0 Å². The van der Waals surface area contributed by atoms with Crippen LogP contribution in [-0.4, -0.2) is 17.9 Å². The van der Waals surface area contributed by atoms with E-state index in [0.717, 1.165) is 12.1 Å². The lowest BCUT2D eigenvalue weighted by atomic mass is 10.1. The van der Waals surface area contributed by atoms with Gasteiger partial charge >= 0.3 is 0 Å². The number of hydrogen-bond donors (Lipinski definition) is 2. The summed E-state index contributed by atoms with van der Waals surface area (Å²) in [5.41, 5.74) is 5.04. The molecule has 0 aliphatic heterocycles. The fourth-order valence-corrected chi connectivity index (χ4v) is 1.57. The summed E-state index contributed by atoms with van der Waals surface area (Å²) in [5.74, 6) is 0. The van der Waals surface area contributed by atoms with E-state index < -0.39 is 25.6 Å². The standard InChI is InChI=1S/C7H8N2O5S/c1-4-6(8)2-5(15(12,13)14)3-7(4)9(10)11/h2-3H,8H2,1H3,(H,12,13,14). The predicted molar refractivity (Wildman–Crippen MR) is 52.1 cm³/mol. The maximum atomic E-state index is 10.7. The monoisotopic (exact) mass is 232 g/mol. The zero-order valence-corrected chi connectivity index (χ0v) is 8.48. The maximum absolute atomic E-state index is 10.7. The van der Waals surface area contributed by atoms with Crippen molar-refractivity contribution in [3.63, 3.8) is 0 Å². The minimum atomic E-state index is -4.48. The first-order valence-electron chi connectivity index (χ1n) is 3.75. The molecule has 0 heterocycles. The molecule has 0 radical (unpaired) electrons. The highest BCUT2D eigenvalue weighted by atomic mass is 32.2. The number of nitrogens with zero attached hydrogens (tertiary/aromatic N) is 1. The Morgan fingerprint density at radius 1 is 1.47 bits per heavy atom. The summed E-state index contributed by atoms with van der Waals surface area (Å²) in [6, 6.07) is 1.73. The second-order valence-electron chi connectivity index (χ2n) is 2.89. The molecule has 7 nitrogen and oxygen atoms in total. The smallest absolute Gasteiger partial charge is 0.294 e. The molecule has 0 aliphatic rings. The van der Waals surface area contributed by atoms with Gasteiger partial charge < -0.3 is 5.73 Å². The number of anilines is 1. The molecule has 8 heteroatoms. The fourth-order valence-electron chi connectivity index (χ4n) is 1.03. The van der Waals surface area contributed by atoms with Crippen LogP contribution in [0.15, 0.2) is 17.0 Å². The van der Waals surface area contributed by atoms with E-state index in [1.165, 1.54) is 6.92 Å². The highest BCUT2D eigenvalue weighted by molar-refractivity contribution is 7.85. The summed E-state index contributed by atoms with van der Waals surface area (Å²) in [6.07, 6.45) is 0. The van der Waals surface area contributed by atoms with Gasteiger partial charge in [0.2, 0.25) is 0 Å². The van der Waals surface area contributed by atoms with E-state index in [9.17, 15) is 18.5 Å². The van der Waals surface area contributed by atoms with Crippen LogP contribution in [0.3, 0.4) is 0 Å². The van der Waals surface area contributed by atoms with Gasteiger partial charge in [0.05, 0.1) is 4.92 Å². The lowest BCUT2D eigenvalue weighted by Crippen LogP contribution is -2.03. The van der Waals surface area contributed by atoms with Crippen LogP contribution < -0.4 is 5.73 Å². The largest absolute Gasteiger partial charge is 0.398 e. The predicted octanol–water partition coefficient (Wildman–Crippen LogP) is 0.732. The molecule has 0 fully saturated rings. The molecule has 0 spiro atoms. The van der Waals surface area contributed by atoms with E-state index in [-0.39, 0.29) is 11.3 Å². The second-order valence-corrected chi connectivity index (χ2v) is 4.31. The average Bonchev–Trinajstić information content (AvgIpc) is 2.06. The fraction of sp³-hybridized carbons (Fsp3) is 0.143. The normalized spacial score (nSPS) is 11.3. The molecule has 0 bridgehead atoms. The number of nitrogen functional groups attached to an aromatic ring is 1. The van der Waals surface area contributed by atoms with E-state index in [1.54, 1.807) is 0 Å². The van der Waals surface area contributed by atoms with E-state index in [0.29, 0.717) is 0 Å². The Balaban J connectivity index is 3.57. The third-order valence-electron chi connectivity index (χ3n) is 1.89. The van der Waals surface area contributed by atoms with Crippen molar-refractivity contribution in [2.24, 2.45) is 0 Å². The van der Waals surface area contributed by atoms with Crippen molar-refractivity contribution in [2.45, 2.75) is 11.8 Å². The van der Waals surface area contributed by atoms with Crippen molar-refractivity contribution in [3.05, 3.63) is 27.8 Å². The third kappa shape index (κ3) is 2.22. The number of nitro benzene ring substituents is 1. The number of nitro groups is 1. The second kappa shape index (κ2) is 3.48. The van der Waals surface area contributed by atoms with Crippen molar-refractivity contribution in [3.8, 4) is 0 Å². The lowest BCUT2D eigenvalue weighted by Gasteiger charge is -2.03. The Morgan fingerprint density at radius 3 is 2.40 bits per heavy atom. The van der Waals surface area contributed by atoms with E-state index in [2.05, 4.69) is 0 Å². The van der Waals surface area contributed by atoms with E-state index in [4.69, 9.17) is 10.3 Å². The van der Waals surface area contributed by atoms with Crippen molar-refractivity contribution < 1.29 is 17.9 Å². The molecule has 1 rings (SSSR count). The summed E-state index contributed by atoms with van der Waals surface area (Å²) in [5, 5.41) is 10.5. The maximum Gasteiger partial charge on any atom is 0.294 e. The Morgan fingerprint density at radius 2 is 2.00 bits per heavy atom. The van der Waals surface area contributed by atoms with Crippen LogP contribution in [0.5, 0.6) is 0 Å². The van der Waals surface area contributed by atoms with E-state index >= 15 is 0 Å². The molecular weight excluding hydrogens is 224 g/mol. The van der Waals surface area contributed by atoms with Gasteiger partial charge in [0, 0.05) is 17.3 Å². The summed E-state index contributed by atoms with van der Waals surface area (Å²) < 4.78 is 30.2. The minimum absolute atomic E-state index is 0.0585. The molecule has 0 unspecified atom stereocenters. The van der Waals surface area contributed by atoms with Gasteiger partial charge in [-0.15, -0.1) is 0 Å². The summed E-state index contributed by atoms with van der Waals surface area (Å²) in [7, 11) is -4.48. The molecular formula is C7H8N2O5S.